The third-order valence-corrected chi connectivity index (χ3v) is 1.87. The minimum atomic E-state index is -0.614. The molecule has 2 aliphatic heterocycles. The van der Waals surface area contributed by atoms with Gasteiger partial charge in [-0.3, -0.25) is 10.1 Å². The summed E-state index contributed by atoms with van der Waals surface area (Å²) in [5.74, 6) is -0.212. The van der Waals surface area contributed by atoms with Crippen LogP contribution in [0.4, 0.5) is 4.79 Å². The smallest absolute Gasteiger partial charge is 0.321 e. The average molecular weight is 171 g/mol. The number of hydrogen-bond acceptors (Lipinski definition) is 3. The van der Waals surface area contributed by atoms with Crippen LogP contribution in [-0.4, -0.2) is 30.6 Å². The standard InChI is InChI=1S/C5H7N3O2.C2H6/c9-3-5(1-6-2-5)8-4(10)7-3;1-2/h6H,1-2H2,(H2,7,8,9,10);1-2H3. The zero-order valence-electron chi connectivity index (χ0n) is 7.23. The van der Waals surface area contributed by atoms with Gasteiger partial charge in [0.15, 0.2) is 0 Å². The maximum atomic E-state index is 11.0. The molecule has 0 aromatic carbocycles. The fraction of sp³-hybridized carbons (Fsp3) is 0.714. The lowest BCUT2D eigenvalue weighted by atomic mass is 9.93. The van der Waals surface area contributed by atoms with E-state index < -0.39 is 5.54 Å². The molecule has 0 aliphatic carbocycles. The van der Waals surface area contributed by atoms with Gasteiger partial charge in [-0.2, -0.15) is 0 Å². The molecule has 0 radical (unpaired) electrons. The van der Waals surface area contributed by atoms with Crippen molar-refractivity contribution in [3.05, 3.63) is 0 Å². The van der Waals surface area contributed by atoms with Gasteiger partial charge in [0.1, 0.15) is 5.54 Å². The summed E-state index contributed by atoms with van der Waals surface area (Å²) in [6, 6.07) is -0.383. The molecule has 0 unspecified atom stereocenters. The Balaban J connectivity index is 0.000000336. The summed E-state index contributed by atoms with van der Waals surface area (Å²) in [6.07, 6.45) is 0. The molecule has 2 aliphatic rings. The van der Waals surface area contributed by atoms with Crippen LogP contribution in [0.15, 0.2) is 0 Å². The molecule has 0 aromatic rings. The summed E-state index contributed by atoms with van der Waals surface area (Å²) in [6.45, 7) is 5.09. The number of carbonyl (C=O) groups excluding carboxylic acids is 2. The third-order valence-electron chi connectivity index (χ3n) is 1.87. The van der Waals surface area contributed by atoms with E-state index in [0.717, 1.165) is 0 Å². The zero-order valence-corrected chi connectivity index (χ0v) is 7.23. The van der Waals surface area contributed by atoms with Crippen molar-refractivity contribution in [2.24, 2.45) is 0 Å². The monoisotopic (exact) mass is 171 g/mol. The van der Waals surface area contributed by atoms with Crippen LogP contribution < -0.4 is 16.0 Å². The number of imide groups is 1. The van der Waals surface area contributed by atoms with Crippen LogP contribution in [-0.2, 0) is 4.79 Å². The van der Waals surface area contributed by atoms with E-state index in [1.165, 1.54) is 0 Å². The maximum Gasteiger partial charge on any atom is 0.322 e. The molecule has 68 valence electrons. The highest BCUT2D eigenvalue weighted by molar-refractivity contribution is 6.08. The second-order valence-corrected chi connectivity index (χ2v) is 2.59. The van der Waals surface area contributed by atoms with Crippen molar-refractivity contribution in [2.75, 3.05) is 13.1 Å². The van der Waals surface area contributed by atoms with E-state index in [2.05, 4.69) is 16.0 Å². The third kappa shape index (κ3) is 1.16. The summed E-state index contributed by atoms with van der Waals surface area (Å²) in [7, 11) is 0. The molecule has 0 bridgehead atoms. The highest BCUT2D eigenvalue weighted by Gasteiger charge is 2.50. The Hall–Kier alpha value is -1.10. The zero-order chi connectivity index (χ0) is 9.19. The number of urea groups is 1. The predicted molar refractivity (Wildman–Crippen MR) is 43.6 cm³/mol. The molecular formula is C7H13N3O2. The van der Waals surface area contributed by atoms with Crippen molar-refractivity contribution in [3.8, 4) is 0 Å². The first-order valence-corrected chi connectivity index (χ1v) is 4.07. The predicted octanol–water partition coefficient (Wildman–Crippen LogP) is -0.806. The Morgan fingerprint density at radius 3 is 2.00 bits per heavy atom. The molecule has 1 spiro atoms. The lowest BCUT2D eigenvalue weighted by Gasteiger charge is -2.35. The molecule has 2 saturated heterocycles. The van der Waals surface area contributed by atoms with Gasteiger partial charge in [0, 0.05) is 13.1 Å². The average Bonchev–Trinajstić information content (AvgIpc) is 2.29. The molecule has 2 fully saturated rings. The quantitative estimate of drug-likeness (QED) is 0.418. The van der Waals surface area contributed by atoms with Crippen molar-refractivity contribution in [2.45, 2.75) is 19.4 Å². The second-order valence-electron chi connectivity index (χ2n) is 2.59. The Morgan fingerprint density at radius 1 is 1.25 bits per heavy atom. The van der Waals surface area contributed by atoms with Crippen LogP contribution >= 0.6 is 0 Å². The number of hydrogen-bond donors (Lipinski definition) is 3. The van der Waals surface area contributed by atoms with E-state index in [0.29, 0.717) is 13.1 Å². The van der Waals surface area contributed by atoms with Gasteiger partial charge in [-0.05, 0) is 0 Å². The molecule has 5 heteroatoms. The highest BCUT2D eigenvalue weighted by Crippen LogP contribution is 2.14. The molecule has 3 amide bonds. The molecule has 2 heterocycles. The van der Waals surface area contributed by atoms with Gasteiger partial charge in [0.25, 0.3) is 5.91 Å². The van der Waals surface area contributed by atoms with Crippen molar-refractivity contribution in [3.63, 3.8) is 0 Å². The Kier molecular flexibility index (Phi) is 2.32. The van der Waals surface area contributed by atoms with Crippen molar-refractivity contribution in [1.82, 2.24) is 16.0 Å². The molecule has 12 heavy (non-hydrogen) atoms. The second kappa shape index (κ2) is 3.10. The van der Waals surface area contributed by atoms with Crippen LogP contribution in [0.5, 0.6) is 0 Å². The fourth-order valence-electron chi connectivity index (χ4n) is 1.15. The molecule has 2 rings (SSSR count). The first-order chi connectivity index (χ1) is 5.73. The summed E-state index contributed by atoms with van der Waals surface area (Å²) < 4.78 is 0. The largest absolute Gasteiger partial charge is 0.322 e. The lowest BCUT2D eigenvalue weighted by Crippen LogP contribution is -2.69. The topological polar surface area (TPSA) is 70.2 Å². The number of nitrogens with one attached hydrogen (secondary N) is 3. The Bertz CT molecular complexity index is 211. The molecular weight excluding hydrogens is 158 g/mol. The molecule has 0 saturated carbocycles. The SMILES string of the molecule is CC.O=C1NC(=O)C2(CNC2)N1. The summed E-state index contributed by atoms with van der Waals surface area (Å²) in [4.78, 5) is 21.5. The van der Waals surface area contributed by atoms with Crippen LogP contribution in [0.25, 0.3) is 0 Å². The molecule has 5 nitrogen and oxygen atoms in total. The van der Waals surface area contributed by atoms with Gasteiger partial charge in [0.05, 0.1) is 0 Å². The Labute approximate surface area is 70.9 Å². The van der Waals surface area contributed by atoms with Gasteiger partial charge >= 0.3 is 6.03 Å². The van der Waals surface area contributed by atoms with E-state index in [-0.39, 0.29) is 11.9 Å². The van der Waals surface area contributed by atoms with Crippen LogP contribution in [0.1, 0.15) is 13.8 Å². The summed E-state index contributed by atoms with van der Waals surface area (Å²) in [5.41, 5.74) is -0.614. The summed E-state index contributed by atoms with van der Waals surface area (Å²) in [5, 5.41) is 7.65. The maximum absolute atomic E-state index is 11.0. The van der Waals surface area contributed by atoms with E-state index in [1.54, 1.807) is 0 Å². The lowest BCUT2D eigenvalue weighted by molar-refractivity contribution is -0.125. The Morgan fingerprint density at radius 2 is 1.83 bits per heavy atom. The minimum absolute atomic E-state index is 0.212. The van der Waals surface area contributed by atoms with Crippen LogP contribution in [0, 0.1) is 0 Å². The van der Waals surface area contributed by atoms with Crippen molar-refractivity contribution >= 4 is 11.9 Å². The van der Waals surface area contributed by atoms with Gasteiger partial charge in [-0.25, -0.2) is 4.79 Å². The van der Waals surface area contributed by atoms with E-state index in [4.69, 9.17) is 0 Å². The number of rotatable bonds is 0. The fourth-order valence-corrected chi connectivity index (χ4v) is 1.15. The molecule has 0 aromatic heterocycles. The highest BCUT2D eigenvalue weighted by atomic mass is 16.2. The van der Waals surface area contributed by atoms with E-state index >= 15 is 0 Å². The van der Waals surface area contributed by atoms with Gasteiger partial charge in [-0.15, -0.1) is 0 Å². The molecule has 0 atom stereocenters. The van der Waals surface area contributed by atoms with Gasteiger partial charge in [-0.1, -0.05) is 13.8 Å². The normalized spacial score (nSPS) is 23.5. The first-order valence-electron chi connectivity index (χ1n) is 4.07. The number of amides is 3. The van der Waals surface area contributed by atoms with Crippen molar-refractivity contribution in [1.29, 1.82) is 0 Å². The van der Waals surface area contributed by atoms with Crippen molar-refractivity contribution < 1.29 is 9.59 Å². The van der Waals surface area contributed by atoms with Gasteiger partial charge < -0.3 is 10.6 Å². The summed E-state index contributed by atoms with van der Waals surface area (Å²) >= 11 is 0. The van der Waals surface area contributed by atoms with Crippen LogP contribution in [0.3, 0.4) is 0 Å². The van der Waals surface area contributed by atoms with E-state index in [1.807, 2.05) is 13.8 Å². The van der Waals surface area contributed by atoms with E-state index in [9.17, 15) is 9.59 Å². The number of carbonyl (C=O) groups is 2. The minimum Gasteiger partial charge on any atom is -0.321 e. The first kappa shape index (κ1) is 8.99. The van der Waals surface area contributed by atoms with Gasteiger partial charge in [0.2, 0.25) is 0 Å². The molecule has 3 N–H and O–H groups in total. The van der Waals surface area contributed by atoms with Crippen LogP contribution in [0.2, 0.25) is 0 Å².